The summed E-state index contributed by atoms with van der Waals surface area (Å²) in [6.07, 6.45) is 7.73. The smallest absolute Gasteiger partial charge is 0.135 e. The van der Waals surface area contributed by atoms with Crippen molar-refractivity contribution in [3.8, 4) is 0 Å². The van der Waals surface area contributed by atoms with Crippen molar-refractivity contribution in [2.24, 2.45) is 11.7 Å². The van der Waals surface area contributed by atoms with Crippen LogP contribution >= 0.6 is 0 Å². The highest BCUT2D eigenvalue weighted by atomic mass is 15.2. The van der Waals surface area contributed by atoms with Crippen LogP contribution in [-0.2, 0) is 12.8 Å². The van der Waals surface area contributed by atoms with Gasteiger partial charge in [-0.3, -0.25) is 0 Å². The highest BCUT2D eigenvalue weighted by Crippen LogP contribution is 2.33. The van der Waals surface area contributed by atoms with E-state index in [-0.39, 0.29) is 0 Å². The Morgan fingerprint density at radius 2 is 2.17 bits per heavy atom. The van der Waals surface area contributed by atoms with Crippen LogP contribution < -0.4 is 10.6 Å². The second-order valence-corrected chi connectivity index (χ2v) is 5.59. The van der Waals surface area contributed by atoms with Crippen molar-refractivity contribution in [3.05, 3.63) is 17.6 Å². The first kappa shape index (κ1) is 11.9. The summed E-state index contributed by atoms with van der Waals surface area (Å²) in [5, 5.41) is 0. The van der Waals surface area contributed by atoms with Gasteiger partial charge in [0.25, 0.3) is 0 Å². The molecule has 2 unspecified atom stereocenters. The van der Waals surface area contributed by atoms with E-state index in [1.807, 2.05) is 0 Å². The molecule has 2 N–H and O–H groups in total. The van der Waals surface area contributed by atoms with Gasteiger partial charge in [0.2, 0.25) is 0 Å². The maximum Gasteiger partial charge on any atom is 0.135 e. The fraction of sp³-hybridized carbons (Fsp3) is 0.714. The fourth-order valence-electron chi connectivity index (χ4n) is 3.38. The van der Waals surface area contributed by atoms with Crippen LogP contribution in [0.3, 0.4) is 0 Å². The van der Waals surface area contributed by atoms with Gasteiger partial charge in [-0.2, -0.15) is 0 Å². The van der Waals surface area contributed by atoms with Gasteiger partial charge in [0.05, 0.1) is 0 Å². The topological polar surface area (TPSA) is 55.0 Å². The van der Waals surface area contributed by atoms with E-state index in [2.05, 4.69) is 21.8 Å². The third kappa shape index (κ3) is 1.88. The molecule has 2 heterocycles. The normalized spacial score (nSPS) is 27.3. The molecule has 2 aliphatic rings. The summed E-state index contributed by atoms with van der Waals surface area (Å²) in [5.74, 6) is 1.84. The highest BCUT2D eigenvalue weighted by Gasteiger charge is 2.33. The molecule has 0 bridgehead atoms. The van der Waals surface area contributed by atoms with Gasteiger partial charge >= 0.3 is 0 Å². The van der Waals surface area contributed by atoms with E-state index in [1.54, 1.807) is 6.33 Å². The lowest BCUT2D eigenvalue weighted by molar-refractivity contribution is 0.515. The van der Waals surface area contributed by atoms with E-state index >= 15 is 0 Å². The lowest BCUT2D eigenvalue weighted by Gasteiger charge is -2.30. The zero-order valence-electron chi connectivity index (χ0n) is 11.1. The Balaban J connectivity index is 1.97. The lowest BCUT2D eigenvalue weighted by Crippen LogP contribution is -2.39. The summed E-state index contributed by atoms with van der Waals surface area (Å²) < 4.78 is 0. The lowest BCUT2D eigenvalue weighted by atomic mass is 9.96. The van der Waals surface area contributed by atoms with E-state index in [9.17, 15) is 0 Å². The van der Waals surface area contributed by atoms with E-state index in [4.69, 9.17) is 5.73 Å². The third-order valence-electron chi connectivity index (χ3n) is 4.50. The van der Waals surface area contributed by atoms with E-state index in [0.29, 0.717) is 12.0 Å². The molecule has 4 heteroatoms. The molecule has 0 saturated carbocycles. The maximum absolute atomic E-state index is 5.94. The summed E-state index contributed by atoms with van der Waals surface area (Å²) in [6.45, 7) is 4.11. The number of hydrogen-bond donors (Lipinski definition) is 1. The van der Waals surface area contributed by atoms with Gasteiger partial charge < -0.3 is 10.6 Å². The standard InChI is InChI=1S/C14H22N4/c1-10-6-7-18(13(10)8-15)14-11-4-2-3-5-12(11)16-9-17-14/h9-10,13H,2-8,15H2,1H3. The summed E-state index contributed by atoms with van der Waals surface area (Å²) in [6, 6.07) is 0.450. The molecule has 4 nitrogen and oxygen atoms in total. The monoisotopic (exact) mass is 246 g/mol. The first-order valence-electron chi connectivity index (χ1n) is 7.10. The Hall–Kier alpha value is -1.16. The minimum absolute atomic E-state index is 0.450. The molecule has 1 saturated heterocycles. The average molecular weight is 246 g/mol. The Morgan fingerprint density at radius 1 is 1.33 bits per heavy atom. The van der Waals surface area contributed by atoms with Gasteiger partial charge in [-0.15, -0.1) is 0 Å². The van der Waals surface area contributed by atoms with Crippen LogP contribution in [0.2, 0.25) is 0 Å². The van der Waals surface area contributed by atoms with Gasteiger partial charge in [0.1, 0.15) is 12.1 Å². The van der Waals surface area contributed by atoms with Gasteiger partial charge in [0, 0.05) is 30.4 Å². The molecule has 18 heavy (non-hydrogen) atoms. The van der Waals surface area contributed by atoms with Crippen molar-refractivity contribution >= 4 is 5.82 Å². The Morgan fingerprint density at radius 3 is 3.00 bits per heavy atom. The fourth-order valence-corrected chi connectivity index (χ4v) is 3.38. The second-order valence-electron chi connectivity index (χ2n) is 5.59. The van der Waals surface area contributed by atoms with Crippen LogP contribution in [0.5, 0.6) is 0 Å². The number of hydrogen-bond acceptors (Lipinski definition) is 4. The van der Waals surface area contributed by atoms with Crippen LogP contribution in [0.25, 0.3) is 0 Å². The summed E-state index contributed by atoms with van der Waals surface area (Å²) in [7, 11) is 0. The van der Waals surface area contributed by atoms with Crippen LogP contribution in [0.1, 0.15) is 37.4 Å². The second kappa shape index (κ2) is 4.84. The molecule has 1 aromatic rings. The summed E-state index contributed by atoms with van der Waals surface area (Å²) in [5.41, 5.74) is 8.59. The molecule has 2 atom stereocenters. The number of nitrogens with two attached hydrogens (primary N) is 1. The van der Waals surface area contributed by atoms with Crippen molar-refractivity contribution in [1.82, 2.24) is 9.97 Å². The van der Waals surface area contributed by atoms with Crippen LogP contribution in [-0.4, -0.2) is 29.1 Å². The van der Waals surface area contributed by atoms with E-state index in [0.717, 1.165) is 25.9 Å². The van der Waals surface area contributed by atoms with E-state index < -0.39 is 0 Å². The number of aromatic nitrogens is 2. The zero-order valence-corrected chi connectivity index (χ0v) is 11.1. The average Bonchev–Trinajstić information content (AvgIpc) is 2.79. The molecule has 0 amide bonds. The SMILES string of the molecule is CC1CCN(c2ncnc3c2CCCC3)C1CN. The molecule has 0 aromatic carbocycles. The molecular weight excluding hydrogens is 224 g/mol. The minimum Gasteiger partial charge on any atom is -0.352 e. The number of fused-ring (bicyclic) bond motifs is 1. The Kier molecular flexibility index (Phi) is 3.20. The van der Waals surface area contributed by atoms with Crippen LogP contribution in [0.4, 0.5) is 5.82 Å². The molecule has 1 aromatic heterocycles. The number of anilines is 1. The minimum atomic E-state index is 0.450. The van der Waals surface area contributed by atoms with Crippen LogP contribution in [0, 0.1) is 5.92 Å². The number of aryl methyl sites for hydroxylation is 1. The number of nitrogens with zero attached hydrogens (tertiary/aromatic N) is 3. The molecular formula is C14H22N4. The van der Waals surface area contributed by atoms with Crippen molar-refractivity contribution < 1.29 is 0 Å². The van der Waals surface area contributed by atoms with Crippen molar-refractivity contribution in [3.63, 3.8) is 0 Å². The predicted octanol–water partition coefficient (Wildman–Crippen LogP) is 1.53. The van der Waals surface area contributed by atoms with Gasteiger partial charge in [-0.25, -0.2) is 9.97 Å². The Bertz CT molecular complexity index is 432. The third-order valence-corrected chi connectivity index (χ3v) is 4.50. The first-order chi connectivity index (χ1) is 8.81. The van der Waals surface area contributed by atoms with Crippen molar-refractivity contribution in [2.75, 3.05) is 18.0 Å². The molecule has 3 rings (SSSR count). The summed E-state index contributed by atoms with van der Waals surface area (Å²) >= 11 is 0. The quantitative estimate of drug-likeness (QED) is 0.860. The molecule has 1 aliphatic carbocycles. The van der Waals surface area contributed by atoms with Gasteiger partial charge in [-0.05, 0) is 38.0 Å². The highest BCUT2D eigenvalue weighted by molar-refractivity contribution is 5.51. The summed E-state index contributed by atoms with van der Waals surface area (Å²) in [4.78, 5) is 11.4. The Labute approximate surface area is 109 Å². The van der Waals surface area contributed by atoms with Crippen molar-refractivity contribution in [2.45, 2.75) is 45.1 Å². The number of rotatable bonds is 2. The van der Waals surface area contributed by atoms with Gasteiger partial charge in [-0.1, -0.05) is 6.92 Å². The molecule has 98 valence electrons. The van der Waals surface area contributed by atoms with E-state index in [1.165, 1.54) is 36.3 Å². The first-order valence-corrected chi connectivity index (χ1v) is 7.10. The zero-order chi connectivity index (χ0) is 12.5. The maximum atomic E-state index is 5.94. The molecule has 0 radical (unpaired) electrons. The molecule has 1 aliphatic heterocycles. The predicted molar refractivity (Wildman–Crippen MR) is 72.6 cm³/mol. The largest absolute Gasteiger partial charge is 0.352 e. The van der Waals surface area contributed by atoms with Crippen LogP contribution in [0.15, 0.2) is 6.33 Å². The molecule has 0 spiro atoms. The van der Waals surface area contributed by atoms with Crippen molar-refractivity contribution in [1.29, 1.82) is 0 Å². The van der Waals surface area contributed by atoms with Gasteiger partial charge in [0.15, 0.2) is 0 Å². The molecule has 1 fully saturated rings.